The first kappa shape index (κ1) is 17.8. The van der Waals surface area contributed by atoms with Gasteiger partial charge < -0.3 is 10.6 Å². The van der Waals surface area contributed by atoms with E-state index in [0.717, 1.165) is 5.56 Å². The van der Waals surface area contributed by atoms with Gasteiger partial charge in [-0.2, -0.15) is 0 Å². The second kappa shape index (κ2) is 7.88. The Labute approximate surface area is 154 Å². The Morgan fingerprint density at radius 2 is 1.96 bits per heavy atom. The molecule has 1 fully saturated rings. The summed E-state index contributed by atoms with van der Waals surface area (Å²) >= 11 is 7.16. The first-order chi connectivity index (χ1) is 12.0. The van der Waals surface area contributed by atoms with Crippen molar-refractivity contribution in [3.8, 4) is 11.4 Å². The maximum absolute atomic E-state index is 12.3. The Balaban J connectivity index is 1.51. The molecule has 132 valence electrons. The topological polar surface area (TPSA) is 105 Å². The van der Waals surface area contributed by atoms with Crippen LogP contribution in [-0.4, -0.2) is 50.7 Å². The predicted molar refractivity (Wildman–Crippen MR) is 96.1 cm³/mol. The number of piperidine rings is 1. The Hall–Kier alpha value is -2.06. The number of likely N-dealkylation sites (tertiary alicyclic amines) is 1. The van der Waals surface area contributed by atoms with Crippen LogP contribution in [0.2, 0.25) is 5.02 Å². The summed E-state index contributed by atoms with van der Waals surface area (Å²) in [6.45, 7) is 1.13. The van der Waals surface area contributed by atoms with E-state index in [1.165, 1.54) is 11.8 Å². The van der Waals surface area contributed by atoms with Crippen LogP contribution in [0.4, 0.5) is 0 Å². The maximum Gasteiger partial charge on any atom is 0.233 e. The van der Waals surface area contributed by atoms with Crippen LogP contribution in [0, 0.1) is 5.92 Å². The standard InChI is InChI=1S/C16H18ClN5O2S/c17-12-3-1-11(2-4-12)15-19-16(21-20-15)25-9-13(23)22-7-5-10(6-8-22)14(18)24/h1-4,10H,5-9H2,(H2,18,24)(H,19,20,21). The Kier molecular flexibility index (Phi) is 5.60. The molecule has 3 rings (SSSR count). The zero-order chi connectivity index (χ0) is 17.8. The van der Waals surface area contributed by atoms with Crippen molar-refractivity contribution in [1.82, 2.24) is 20.1 Å². The third-order valence-electron chi connectivity index (χ3n) is 4.16. The van der Waals surface area contributed by atoms with E-state index in [0.29, 0.717) is 41.9 Å². The molecule has 3 N–H and O–H groups in total. The lowest BCUT2D eigenvalue weighted by molar-refractivity contribution is -0.132. The molecule has 0 unspecified atom stereocenters. The summed E-state index contributed by atoms with van der Waals surface area (Å²) in [5, 5.41) is 8.17. The lowest BCUT2D eigenvalue weighted by atomic mass is 9.96. The largest absolute Gasteiger partial charge is 0.369 e. The molecule has 9 heteroatoms. The van der Waals surface area contributed by atoms with Gasteiger partial charge in [0.2, 0.25) is 17.0 Å². The van der Waals surface area contributed by atoms with Crippen molar-refractivity contribution in [2.45, 2.75) is 18.0 Å². The van der Waals surface area contributed by atoms with Gasteiger partial charge in [0.1, 0.15) is 0 Å². The zero-order valence-corrected chi connectivity index (χ0v) is 15.0. The number of nitrogens with two attached hydrogens (primary N) is 1. The van der Waals surface area contributed by atoms with Crippen molar-refractivity contribution in [2.75, 3.05) is 18.8 Å². The number of nitrogens with one attached hydrogen (secondary N) is 1. The summed E-state index contributed by atoms with van der Waals surface area (Å²) in [5.41, 5.74) is 6.19. The number of hydrogen-bond donors (Lipinski definition) is 2. The van der Waals surface area contributed by atoms with Gasteiger partial charge in [-0.3, -0.25) is 14.7 Å². The zero-order valence-electron chi connectivity index (χ0n) is 13.4. The fourth-order valence-corrected chi connectivity index (χ4v) is 3.51. The first-order valence-electron chi connectivity index (χ1n) is 7.91. The molecule has 1 aromatic carbocycles. The average molecular weight is 380 g/mol. The molecule has 1 saturated heterocycles. The van der Waals surface area contributed by atoms with E-state index in [1.807, 2.05) is 12.1 Å². The minimum Gasteiger partial charge on any atom is -0.369 e. The van der Waals surface area contributed by atoms with E-state index < -0.39 is 0 Å². The van der Waals surface area contributed by atoms with E-state index in [2.05, 4.69) is 15.2 Å². The highest BCUT2D eigenvalue weighted by Gasteiger charge is 2.25. The van der Waals surface area contributed by atoms with E-state index in [1.54, 1.807) is 17.0 Å². The minimum atomic E-state index is -0.281. The first-order valence-corrected chi connectivity index (χ1v) is 9.27. The number of rotatable bonds is 5. The van der Waals surface area contributed by atoms with Gasteiger partial charge in [0.15, 0.2) is 5.82 Å². The molecule has 1 aliphatic heterocycles. The summed E-state index contributed by atoms with van der Waals surface area (Å²) in [7, 11) is 0. The average Bonchev–Trinajstić information content (AvgIpc) is 3.09. The number of primary amides is 1. The van der Waals surface area contributed by atoms with E-state index >= 15 is 0 Å². The van der Waals surface area contributed by atoms with E-state index in [4.69, 9.17) is 17.3 Å². The molecular formula is C16H18ClN5O2S. The molecule has 0 bridgehead atoms. The molecule has 1 aromatic heterocycles. The fourth-order valence-electron chi connectivity index (χ4n) is 2.68. The van der Waals surface area contributed by atoms with Gasteiger partial charge in [0, 0.05) is 29.6 Å². The second-order valence-corrected chi connectivity index (χ2v) is 7.20. The number of aromatic amines is 1. The van der Waals surface area contributed by atoms with Crippen LogP contribution in [0.5, 0.6) is 0 Å². The van der Waals surface area contributed by atoms with Crippen molar-refractivity contribution < 1.29 is 9.59 Å². The van der Waals surface area contributed by atoms with Crippen molar-refractivity contribution in [3.63, 3.8) is 0 Å². The molecule has 2 amide bonds. The molecule has 0 aliphatic carbocycles. The van der Waals surface area contributed by atoms with E-state index in [9.17, 15) is 9.59 Å². The van der Waals surface area contributed by atoms with Crippen LogP contribution >= 0.6 is 23.4 Å². The molecule has 25 heavy (non-hydrogen) atoms. The van der Waals surface area contributed by atoms with Crippen molar-refractivity contribution in [1.29, 1.82) is 0 Å². The van der Waals surface area contributed by atoms with Gasteiger partial charge in [0.05, 0.1) is 5.75 Å². The summed E-state index contributed by atoms with van der Waals surface area (Å²) in [5.74, 6) is 0.516. The Morgan fingerprint density at radius 3 is 2.60 bits per heavy atom. The molecular weight excluding hydrogens is 362 g/mol. The number of amides is 2. The third kappa shape index (κ3) is 4.52. The monoisotopic (exact) mass is 379 g/mol. The molecule has 7 nitrogen and oxygen atoms in total. The number of nitrogens with zero attached hydrogens (tertiary/aromatic N) is 3. The number of carbonyl (C=O) groups excluding carboxylic acids is 2. The summed E-state index contributed by atoms with van der Waals surface area (Å²) in [4.78, 5) is 29.6. The van der Waals surface area contributed by atoms with Crippen LogP contribution in [0.15, 0.2) is 29.4 Å². The predicted octanol–water partition coefficient (Wildman–Crippen LogP) is 1.94. The van der Waals surface area contributed by atoms with Crippen molar-refractivity contribution in [2.24, 2.45) is 11.7 Å². The van der Waals surface area contributed by atoms with Gasteiger partial charge in [-0.25, -0.2) is 4.98 Å². The summed E-state index contributed by atoms with van der Waals surface area (Å²) in [6.07, 6.45) is 1.26. The Morgan fingerprint density at radius 1 is 1.28 bits per heavy atom. The number of benzene rings is 1. The number of thioether (sulfide) groups is 1. The number of hydrogen-bond acceptors (Lipinski definition) is 5. The number of carbonyl (C=O) groups is 2. The lowest BCUT2D eigenvalue weighted by Gasteiger charge is -2.30. The van der Waals surface area contributed by atoms with Gasteiger partial charge in [0.25, 0.3) is 0 Å². The van der Waals surface area contributed by atoms with Gasteiger partial charge in [-0.15, -0.1) is 5.10 Å². The van der Waals surface area contributed by atoms with Gasteiger partial charge in [-0.1, -0.05) is 23.4 Å². The summed E-state index contributed by atoms with van der Waals surface area (Å²) in [6, 6.07) is 7.27. The molecule has 0 spiro atoms. The van der Waals surface area contributed by atoms with Gasteiger partial charge in [-0.05, 0) is 37.1 Å². The molecule has 0 atom stereocenters. The summed E-state index contributed by atoms with van der Waals surface area (Å²) < 4.78 is 0. The van der Waals surface area contributed by atoms with Gasteiger partial charge >= 0.3 is 0 Å². The molecule has 0 saturated carbocycles. The van der Waals surface area contributed by atoms with Crippen LogP contribution < -0.4 is 5.73 Å². The van der Waals surface area contributed by atoms with E-state index in [-0.39, 0.29) is 23.5 Å². The highest BCUT2D eigenvalue weighted by Crippen LogP contribution is 2.22. The highest BCUT2D eigenvalue weighted by atomic mass is 35.5. The van der Waals surface area contributed by atoms with Crippen LogP contribution in [0.3, 0.4) is 0 Å². The SMILES string of the molecule is NC(=O)C1CCN(C(=O)CSc2n[nH]c(-c3ccc(Cl)cc3)n2)CC1. The fraction of sp³-hybridized carbons (Fsp3) is 0.375. The quantitative estimate of drug-likeness (QED) is 0.772. The molecule has 1 aliphatic rings. The third-order valence-corrected chi connectivity index (χ3v) is 5.24. The van der Waals surface area contributed by atoms with Crippen molar-refractivity contribution >= 4 is 35.2 Å². The normalized spacial score (nSPS) is 15.3. The van der Waals surface area contributed by atoms with Crippen LogP contribution in [-0.2, 0) is 9.59 Å². The Bertz CT molecular complexity index is 756. The van der Waals surface area contributed by atoms with Crippen LogP contribution in [0.1, 0.15) is 12.8 Å². The second-order valence-electron chi connectivity index (χ2n) is 5.82. The number of halogens is 1. The maximum atomic E-state index is 12.3. The number of H-pyrrole nitrogens is 1. The lowest BCUT2D eigenvalue weighted by Crippen LogP contribution is -2.42. The highest BCUT2D eigenvalue weighted by molar-refractivity contribution is 7.99. The molecule has 0 radical (unpaired) electrons. The van der Waals surface area contributed by atoms with Crippen LogP contribution in [0.25, 0.3) is 11.4 Å². The molecule has 2 aromatic rings. The van der Waals surface area contributed by atoms with Crippen molar-refractivity contribution in [3.05, 3.63) is 29.3 Å². The number of aromatic nitrogens is 3. The minimum absolute atomic E-state index is 0.0192. The molecule has 2 heterocycles. The smallest absolute Gasteiger partial charge is 0.233 e.